The van der Waals surface area contributed by atoms with Crippen molar-refractivity contribution in [2.45, 2.75) is 18.5 Å². The minimum atomic E-state index is -0.563. The third kappa shape index (κ3) is 2.38. The van der Waals surface area contributed by atoms with Crippen LogP contribution in [0.4, 0.5) is 0 Å². The van der Waals surface area contributed by atoms with Crippen molar-refractivity contribution < 1.29 is 0 Å². The van der Waals surface area contributed by atoms with Gasteiger partial charge in [-0.2, -0.15) is 4.98 Å². The zero-order valence-electron chi connectivity index (χ0n) is 10.1. The van der Waals surface area contributed by atoms with Gasteiger partial charge in [0.05, 0.1) is 5.69 Å². The molecule has 0 fully saturated rings. The average Bonchev–Trinajstić information content (AvgIpc) is 2.38. The molecule has 1 N–H and O–H groups in total. The molecular formula is C12H13N3O2S. The molecule has 2 aromatic rings. The maximum absolute atomic E-state index is 11.8. The topological polar surface area (TPSA) is 67.8 Å². The Hall–Kier alpha value is -1.82. The van der Waals surface area contributed by atoms with E-state index in [1.165, 1.54) is 11.8 Å². The number of nitrogens with one attached hydrogen (secondary N) is 1. The Balaban J connectivity index is 2.57. The summed E-state index contributed by atoms with van der Waals surface area (Å²) < 4.78 is 1.03. The molecule has 1 aromatic carbocycles. The highest BCUT2D eigenvalue weighted by Crippen LogP contribution is 2.07. The van der Waals surface area contributed by atoms with Crippen molar-refractivity contribution in [2.75, 3.05) is 6.26 Å². The van der Waals surface area contributed by atoms with Crippen LogP contribution in [0, 0.1) is 0 Å². The van der Waals surface area contributed by atoms with E-state index >= 15 is 0 Å². The Bertz CT molecular complexity index is 627. The second-order valence-corrected chi connectivity index (χ2v) is 4.48. The fraction of sp³-hybridized carbons (Fsp3) is 0.250. The molecule has 0 atom stereocenters. The Morgan fingerprint density at radius 2 is 1.94 bits per heavy atom. The Kier molecular flexibility index (Phi) is 3.66. The first kappa shape index (κ1) is 12.6. The maximum atomic E-state index is 11.8. The van der Waals surface area contributed by atoms with E-state index in [2.05, 4.69) is 9.97 Å². The molecule has 2 rings (SSSR count). The van der Waals surface area contributed by atoms with Gasteiger partial charge in [-0.15, -0.1) is 0 Å². The van der Waals surface area contributed by atoms with Gasteiger partial charge in [-0.3, -0.25) is 4.98 Å². The van der Waals surface area contributed by atoms with Crippen LogP contribution in [-0.2, 0) is 6.42 Å². The van der Waals surface area contributed by atoms with Crippen LogP contribution in [-0.4, -0.2) is 20.8 Å². The predicted molar refractivity (Wildman–Crippen MR) is 71.6 cm³/mol. The molecule has 1 heterocycles. The molecule has 0 unspecified atom stereocenters. The number of thioether (sulfide) groups is 1. The van der Waals surface area contributed by atoms with Crippen molar-refractivity contribution in [3.63, 3.8) is 0 Å². The van der Waals surface area contributed by atoms with Crippen LogP contribution in [0.2, 0.25) is 0 Å². The zero-order valence-corrected chi connectivity index (χ0v) is 11.0. The van der Waals surface area contributed by atoms with Crippen LogP contribution in [0.15, 0.2) is 39.0 Å². The van der Waals surface area contributed by atoms with E-state index in [1.807, 2.05) is 19.1 Å². The minimum absolute atomic E-state index is 0.325. The van der Waals surface area contributed by atoms with Crippen LogP contribution in [0.25, 0.3) is 5.69 Å². The number of benzene rings is 1. The third-order valence-electron chi connectivity index (χ3n) is 2.60. The van der Waals surface area contributed by atoms with Gasteiger partial charge < -0.3 is 0 Å². The van der Waals surface area contributed by atoms with Crippen LogP contribution in [0.1, 0.15) is 12.5 Å². The molecule has 18 heavy (non-hydrogen) atoms. The summed E-state index contributed by atoms with van der Waals surface area (Å²) >= 11 is 1.23. The Morgan fingerprint density at radius 1 is 1.28 bits per heavy atom. The summed E-state index contributed by atoms with van der Waals surface area (Å²) in [6.45, 7) is 2.04. The first-order valence-electron chi connectivity index (χ1n) is 5.52. The van der Waals surface area contributed by atoms with Gasteiger partial charge in [0.2, 0.25) is 0 Å². The van der Waals surface area contributed by atoms with Crippen molar-refractivity contribution in [1.82, 2.24) is 14.5 Å². The van der Waals surface area contributed by atoms with Crippen molar-refractivity contribution in [3.8, 4) is 5.69 Å². The summed E-state index contributed by atoms with van der Waals surface area (Å²) in [5.41, 5.74) is 0.645. The lowest BCUT2D eigenvalue weighted by Gasteiger charge is -2.05. The smallest absolute Gasteiger partial charge is 0.286 e. The van der Waals surface area contributed by atoms with Gasteiger partial charge in [-0.25, -0.2) is 14.2 Å². The van der Waals surface area contributed by atoms with E-state index in [9.17, 15) is 9.59 Å². The van der Waals surface area contributed by atoms with Crippen LogP contribution >= 0.6 is 11.8 Å². The normalized spacial score (nSPS) is 10.6. The molecule has 0 aliphatic heterocycles. The summed E-state index contributed by atoms with van der Waals surface area (Å²) in [4.78, 5) is 30.0. The molecule has 94 valence electrons. The number of hydrogen-bond donors (Lipinski definition) is 1. The van der Waals surface area contributed by atoms with E-state index in [0.29, 0.717) is 10.8 Å². The monoisotopic (exact) mass is 263 g/mol. The molecule has 0 saturated heterocycles. The molecule has 6 heteroatoms. The lowest BCUT2D eigenvalue weighted by molar-refractivity contribution is 0.743. The van der Waals surface area contributed by atoms with Crippen LogP contribution in [0.3, 0.4) is 0 Å². The summed E-state index contributed by atoms with van der Waals surface area (Å²) in [6, 6.07) is 7.28. The van der Waals surface area contributed by atoms with Gasteiger partial charge in [-0.1, -0.05) is 30.8 Å². The third-order valence-corrected chi connectivity index (χ3v) is 3.18. The van der Waals surface area contributed by atoms with E-state index in [-0.39, 0.29) is 0 Å². The van der Waals surface area contributed by atoms with Crippen LogP contribution in [0.5, 0.6) is 0 Å². The number of rotatable bonds is 3. The highest BCUT2D eigenvalue weighted by Gasteiger charge is 2.07. The van der Waals surface area contributed by atoms with Crippen molar-refractivity contribution in [2.24, 2.45) is 0 Å². The molecule has 0 bridgehead atoms. The van der Waals surface area contributed by atoms with E-state index < -0.39 is 11.4 Å². The number of aromatic nitrogens is 3. The molecule has 0 aliphatic rings. The first-order chi connectivity index (χ1) is 8.65. The van der Waals surface area contributed by atoms with Crippen molar-refractivity contribution in [3.05, 3.63) is 50.8 Å². The van der Waals surface area contributed by atoms with Gasteiger partial charge in [0, 0.05) is 0 Å². The van der Waals surface area contributed by atoms with Gasteiger partial charge >= 0.3 is 11.4 Å². The van der Waals surface area contributed by atoms with Gasteiger partial charge in [0.15, 0.2) is 5.16 Å². The molecule has 0 amide bonds. The lowest BCUT2D eigenvalue weighted by Crippen LogP contribution is -2.36. The number of aromatic amines is 1. The maximum Gasteiger partial charge on any atom is 0.358 e. The highest BCUT2D eigenvalue weighted by atomic mass is 32.2. The summed E-state index contributed by atoms with van der Waals surface area (Å²) in [5, 5.41) is 0.325. The molecule has 5 nitrogen and oxygen atoms in total. The Morgan fingerprint density at radius 3 is 2.44 bits per heavy atom. The number of aryl methyl sites for hydroxylation is 1. The first-order valence-corrected chi connectivity index (χ1v) is 6.75. The van der Waals surface area contributed by atoms with Gasteiger partial charge in [0.25, 0.3) is 0 Å². The van der Waals surface area contributed by atoms with Gasteiger partial charge in [-0.05, 0) is 30.4 Å². The SMILES string of the molecule is CCc1ccc(-n2c(=O)nc(SC)[nH]c2=O)cc1. The predicted octanol–water partition coefficient (Wildman–Crippen LogP) is 1.21. The highest BCUT2D eigenvalue weighted by molar-refractivity contribution is 7.98. The van der Waals surface area contributed by atoms with Crippen molar-refractivity contribution in [1.29, 1.82) is 0 Å². The fourth-order valence-electron chi connectivity index (χ4n) is 1.60. The Labute approximate surface area is 108 Å². The molecule has 0 radical (unpaired) electrons. The van der Waals surface area contributed by atoms with Crippen molar-refractivity contribution >= 4 is 11.8 Å². The lowest BCUT2D eigenvalue weighted by atomic mass is 10.1. The van der Waals surface area contributed by atoms with Gasteiger partial charge in [0.1, 0.15) is 0 Å². The van der Waals surface area contributed by atoms with Crippen LogP contribution < -0.4 is 11.4 Å². The summed E-state index contributed by atoms with van der Waals surface area (Å²) in [7, 11) is 0. The second-order valence-electron chi connectivity index (χ2n) is 3.69. The summed E-state index contributed by atoms with van der Waals surface area (Å²) in [6.07, 6.45) is 2.66. The largest absolute Gasteiger partial charge is 0.358 e. The molecule has 0 spiro atoms. The average molecular weight is 263 g/mol. The molecule has 0 aliphatic carbocycles. The number of nitrogens with zero attached hydrogens (tertiary/aromatic N) is 2. The number of hydrogen-bond acceptors (Lipinski definition) is 4. The molecule has 0 saturated carbocycles. The quantitative estimate of drug-likeness (QED) is 0.845. The standard InChI is InChI=1S/C12H13N3O2S/c1-3-8-4-6-9(7-5-8)15-11(16)13-10(18-2)14-12(15)17/h4-7H,3H2,1-2H3,(H,13,14,16,17). The van der Waals surface area contributed by atoms with E-state index in [1.54, 1.807) is 18.4 Å². The number of H-pyrrole nitrogens is 1. The molecular weight excluding hydrogens is 250 g/mol. The zero-order chi connectivity index (χ0) is 13.1. The molecule has 1 aromatic heterocycles. The van der Waals surface area contributed by atoms with E-state index in [4.69, 9.17) is 0 Å². The fourth-order valence-corrected chi connectivity index (χ4v) is 1.96. The minimum Gasteiger partial charge on any atom is -0.286 e. The second kappa shape index (κ2) is 5.22. The summed E-state index contributed by atoms with van der Waals surface area (Å²) in [5.74, 6) is 0. The van der Waals surface area contributed by atoms with E-state index in [0.717, 1.165) is 16.6 Å².